The zero-order valence-electron chi connectivity index (χ0n) is 20.3. The summed E-state index contributed by atoms with van der Waals surface area (Å²) in [4.78, 5) is 2.40. The number of fused-ring (bicyclic) bond motifs is 1. The molecule has 0 spiro atoms. The molecule has 1 aliphatic heterocycles. The molecular formula is C28H33NO5. The molecule has 1 aliphatic rings. The highest BCUT2D eigenvalue weighted by Crippen LogP contribution is 2.43. The third-order valence-corrected chi connectivity index (χ3v) is 6.68. The molecule has 0 radical (unpaired) electrons. The zero-order valence-corrected chi connectivity index (χ0v) is 20.3. The minimum Gasteiger partial charge on any atom is -0.493 e. The van der Waals surface area contributed by atoms with E-state index in [2.05, 4.69) is 35.2 Å². The van der Waals surface area contributed by atoms with Crippen molar-refractivity contribution in [3.63, 3.8) is 0 Å². The Morgan fingerprint density at radius 3 is 2.12 bits per heavy atom. The van der Waals surface area contributed by atoms with Crippen molar-refractivity contribution in [3.8, 4) is 23.0 Å². The normalized spacial score (nSPS) is 16.4. The number of ether oxygens (including phenoxy) is 4. The van der Waals surface area contributed by atoms with Crippen molar-refractivity contribution in [2.24, 2.45) is 0 Å². The second-order valence-electron chi connectivity index (χ2n) is 8.41. The molecule has 1 heterocycles. The smallest absolute Gasteiger partial charge is 0.161 e. The monoisotopic (exact) mass is 463 g/mol. The molecule has 4 rings (SSSR count). The van der Waals surface area contributed by atoms with Crippen LogP contribution in [0.4, 0.5) is 0 Å². The van der Waals surface area contributed by atoms with Crippen LogP contribution in [0, 0.1) is 0 Å². The van der Waals surface area contributed by atoms with Crippen LogP contribution in [-0.4, -0.2) is 51.6 Å². The molecular weight excluding hydrogens is 430 g/mol. The lowest BCUT2D eigenvalue weighted by atomic mass is 9.86. The van der Waals surface area contributed by atoms with Gasteiger partial charge in [0.1, 0.15) is 0 Å². The highest BCUT2D eigenvalue weighted by Gasteiger charge is 2.34. The summed E-state index contributed by atoms with van der Waals surface area (Å²) in [6.45, 7) is 0.857. The molecule has 0 bridgehead atoms. The molecule has 1 N–H and O–H groups in total. The molecule has 6 heteroatoms. The average molecular weight is 464 g/mol. The number of benzene rings is 3. The van der Waals surface area contributed by atoms with E-state index in [0.717, 1.165) is 36.3 Å². The van der Waals surface area contributed by atoms with Crippen LogP contribution < -0.4 is 18.9 Å². The van der Waals surface area contributed by atoms with Gasteiger partial charge in [-0.05, 0) is 59.4 Å². The van der Waals surface area contributed by atoms with E-state index < -0.39 is 0 Å². The van der Waals surface area contributed by atoms with Gasteiger partial charge in [-0.25, -0.2) is 0 Å². The number of aliphatic hydroxyl groups is 1. The maximum Gasteiger partial charge on any atom is 0.161 e. The van der Waals surface area contributed by atoms with Crippen LogP contribution in [0.1, 0.15) is 34.3 Å². The van der Waals surface area contributed by atoms with Crippen molar-refractivity contribution in [2.75, 3.05) is 41.6 Å². The van der Waals surface area contributed by atoms with Gasteiger partial charge >= 0.3 is 0 Å². The van der Waals surface area contributed by atoms with Crippen molar-refractivity contribution in [2.45, 2.75) is 24.9 Å². The summed E-state index contributed by atoms with van der Waals surface area (Å²) in [6.07, 6.45) is 1.60. The quantitative estimate of drug-likeness (QED) is 0.501. The Bertz CT molecular complexity index is 1100. The third kappa shape index (κ3) is 4.69. The summed E-state index contributed by atoms with van der Waals surface area (Å²) in [6, 6.07) is 20.3. The van der Waals surface area contributed by atoms with E-state index in [0.29, 0.717) is 17.2 Å². The highest BCUT2D eigenvalue weighted by molar-refractivity contribution is 5.50. The number of hydrogen-bond acceptors (Lipinski definition) is 6. The van der Waals surface area contributed by atoms with Crippen LogP contribution in [0.3, 0.4) is 0 Å². The first kappa shape index (κ1) is 23.9. The summed E-state index contributed by atoms with van der Waals surface area (Å²) in [7, 11) is 6.62. The average Bonchev–Trinajstić information content (AvgIpc) is 2.89. The highest BCUT2D eigenvalue weighted by atomic mass is 16.5. The first-order valence-corrected chi connectivity index (χ1v) is 11.5. The second-order valence-corrected chi connectivity index (χ2v) is 8.41. The second kappa shape index (κ2) is 10.8. The van der Waals surface area contributed by atoms with Crippen LogP contribution in [0.5, 0.6) is 23.0 Å². The number of rotatable bonds is 9. The molecule has 0 saturated heterocycles. The topological polar surface area (TPSA) is 60.4 Å². The number of nitrogens with zero attached hydrogens (tertiary/aromatic N) is 1. The van der Waals surface area contributed by atoms with Crippen molar-refractivity contribution < 1.29 is 24.1 Å². The molecule has 0 fully saturated rings. The minimum absolute atomic E-state index is 0.0269. The Kier molecular flexibility index (Phi) is 7.60. The van der Waals surface area contributed by atoms with Crippen LogP contribution in [0.15, 0.2) is 60.7 Å². The van der Waals surface area contributed by atoms with E-state index in [-0.39, 0.29) is 18.7 Å². The molecule has 2 atom stereocenters. The van der Waals surface area contributed by atoms with Crippen LogP contribution in [0.25, 0.3) is 0 Å². The molecule has 6 nitrogen and oxygen atoms in total. The van der Waals surface area contributed by atoms with Crippen LogP contribution in [0.2, 0.25) is 0 Å². The van der Waals surface area contributed by atoms with Crippen LogP contribution in [-0.2, 0) is 12.8 Å². The molecule has 34 heavy (non-hydrogen) atoms. The maximum absolute atomic E-state index is 10.5. The van der Waals surface area contributed by atoms with Crippen molar-refractivity contribution in [1.82, 2.24) is 4.90 Å². The van der Waals surface area contributed by atoms with Gasteiger partial charge in [0, 0.05) is 12.6 Å². The Labute approximate surface area is 201 Å². The van der Waals surface area contributed by atoms with Crippen LogP contribution >= 0.6 is 0 Å². The van der Waals surface area contributed by atoms with Gasteiger partial charge < -0.3 is 24.1 Å². The summed E-state index contributed by atoms with van der Waals surface area (Å²) >= 11 is 0. The minimum atomic E-state index is -0.118. The molecule has 0 unspecified atom stereocenters. The predicted molar refractivity (Wildman–Crippen MR) is 132 cm³/mol. The first-order valence-electron chi connectivity index (χ1n) is 11.5. The molecule has 0 aliphatic carbocycles. The SMILES string of the molecule is COc1ccc(C[C@H]2c3cc(OC)c(OC)cc3CCN2[C@H](CO)c2ccccc2)cc1OC. The van der Waals surface area contributed by atoms with E-state index in [9.17, 15) is 5.11 Å². The molecule has 3 aromatic carbocycles. The molecule has 180 valence electrons. The molecule has 0 amide bonds. The lowest BCUT2D eigenvalue weighted by Crippen LogP contribution is -2.40. The van der Waals surface area contributed by atoms with Gasteiger partial charge in [-0.3, -0.25) is 4.90 Å². The van der Waals surface area contributed by atoms with Gasteiger partial charge in [0.15, 0.2) is 23.0 Å². The Morgan fingerprint density at radius 1 is 0.824 bits per heavy atom. The maximum atomic E-state index is 10.5. The van der Waals surface area contributed by atoms with Crippen molar-refractivity contribution >= 4 is 0 Å². The first-order chi connectivity index (χ1) is 16.6. The summed E-state index contributed by atoms with van der Waals surface area (Å²) < 4.78 is 22.2. The van der Waals surface area contributed by atoms with Gasteiger partial charge in [-0.2, -0.15) is 0 Å². The standard InChI is InChI=1S/C28H33NO5/c1-31-25-11-10-19(15-26(25)32-2)14-23-22-17-28(34-4)27(33-3)16-21(22)12-13-29(23)24(18-30)20-8-6-5-7-9-20/h5-11,15-17,23-24,30H,12-14,18H2,1-4H3/t23-,24+/m0/s1. The molecule has 0 aromatic heterocycles. The van der Waals surface area contributed by atoms with Gasteiger partial charge in [0.25, 0.3) is 0 Å². The fourth-order valence-electron chi connectivity index (χ4n) is 4.96. The third-order valence-electron chi connectivity index (χ3n) is 6.68. The van der Waals surface area contributed by atoms with Gasteiger partial charge in [0.2, 0.25) is 0 Å². The van der Waals surface area contributed by atoms with Crippen molar-refractivity contribution in [3.05, 3.63) is 82.9 Å². The van der Waals surface area contributed by atoms with Gasteiger partial charge in [-0.1, -0.05) is 36.4 Å². The number of hydrogen-bond donors (Lipinski definition) is 1. The van der Waals surface area contributed by atoms with Gasteiger partial charge in [0.05, 0.1) is 41.1 Å². The van der Waals surface area contributed by atoms with E-state index in [1.54, 1.807) is 28.4 Å². The summed E-state index contributed by atoms with van der Waals surface area (Å²) in [5.41, 5.74) is 4.66. The Balaban J connectivity index is 1.79. The molecule has 0 saturated carbocycles. The predicted octanol–water partition coefficient (Wildman–Crippen LogP) is 4.60. The molecule has 3 aromatic rings. The summed E-state index contributed by atoms with van der Waals surface area (Å²) in [5, 5.41) is 10.5. The largest absolute Gasteiger partial charge is 0.493 e. The number of methoxy groups -OCH3 is 4. The van der Waals surface area contributed by atoms with E-state index >= 15 is 0 Å². The van der Waals surface area contributed by atoms with E-state index in [1.165, 1.54) is 11.1 Å². The number of aliphatic hydroxyl groups excluding tert-OH is 1. The fourth-order valence-corrected chi connectivity index (χ4v) is 4.96. The van der Waals surface area contributed by atoms with E-state index in [1.807, 2.05) is 30.3 Å². The Hall–Kier alpha value is -3.22. The van der Waals surface area contributed by atoms with Crippen molar-refractivity contribution in [1.29, 1.82) is 0 Å². The van der Waals surface area contributed by atoms with E-state index in [4.69, 9.17) is 18.9 Å². The van der Waals surface area contributed by atoms with Gasteiger partial charge in [-0.15, -0.1) is 0 Å². The zero-order chi connectivity index (χ0) is 24.1. The lowest BCUT2D eigenvalue weighted by Gasteiger charge is -2.42. The lowest BCUT2D eigenvalue weighted by molar-refractivity contribution is 0.0741. The Morgan fingerprint density at radius 2 is 1.47 bits per heavy atom. The summed E-state index contributed by atoms with van der Waals surface area (Å²) in [5.74, 6) is 2.86. The fraction of sp³-hybridized carbons (Fsp3) is 0.357.